The molecule has 0 aromatic carbocycles. The Kier molecular flexibility index (Phi) is 4.12. The first-order valence-electron chi connectivity index (χ1n) is 10.0. The Morgan fingerprint density at radius 2 is 2.25 bits per heavy atom. The number of hydrogen-bond acceptors (Lipinski definition) is 5. The normalized spacial score (nSPS) is 32.1. The summed E-state index contributed by atoms with van der Waals surface area (Å²) in [5.74, 6) is 0.694. The molecule has 0 spiro atoms. The van der Waals surface area contributed by atoms with Crippen LogP contribution in [0.4, 0.5) is 10.2 Å². The Bertz CT molecular complexity index is 920. The summed E-state index contributed by atoms with van der Waals surface area (Å²) in [6.07, 6.45) is 10.9. The number of anilines is 1. The van der Waals surface area contributed by atoms with Gasteiger partial charge in [-0.05, 0) is 37.9 Å². The van der Waals surface area contributed by atoms with Crippen molar-refractivity contribution in [3.8, 4) is 0 Å². The van der Waals surface area contributed by atoms with Gasteiger partial charge in [0.15, 0.2) is 5.82 Å². The Morgan fingerprint density at radius 1 is 1.36 bits per heavy atom. The fourth-order valence-corrected chi connectivity index (χ4v) is 4.90. The predicted molar refractivity (Wildman–Crippen MR) is 104 cm³/mol. The van der Waals surface area contributed by atoms with E-state index in [-0.39, 0.29) is 18.5 Å². The van der Waals surface area contributed by atoms with E-state index in [9.17, 15) is 4.79 Å². The quantitative estimate of drug-likeness (QED) is 0.771. The highest BCUT2D eigenvalue weighted by molar-refractivity contribution is 5.87. The van der Waals surface area contributed by atoms with Crippen LogP contribution in [0, 0.1) is 0 Å². The molecule has 1 aliphatic carbocycles. The van der Waals surface area contributed by atoms with E-state index in [4.69, 9.17) is 0 Å². The average molecular weight is 384 g/mol. The lowest BCUT2D eigenvalue weighted by molar-refractivity contribution is -0.133. The van der Waals surface area contributed by atoms with Crippen LogP contribution in [0.25, 0.3) is 5.52 Å². The molecule has 28 heavy (non-hydrogen) atoms. The van der Waals surface area contributed by atoms with E-state index >= 15 is 4.39 Å². The van der Waals surface area contributed by atoms with Crippen LogP contribution in [0.5, 0.6) is 0 Å². The van der Waals surface area contributed by atoms with Crippen LogP contribution in [-0.2, 0) is 4.79 Å². The van der Waals surface area contributed by atoms with Crippen molar-refractivity contribution < 1.29 is 9.18 Å². The first-order valence-corrected chi connectivity index (χ1v) is 10.0. The van der Waals surface area contributed by atoms with Gasteiger partial charge in [0.2, 0.25) is 5.91 Å². The molecule has 7 nitrogen and oxygen atoms in total. The van der Waals surface area contributed by atoms with E-state index in [0.717, 1.165) is 37.9 Å². The van der Waals surface area contributed by atoms with Gasteiger partial charge in [-0.25, -0.2) is 13.9 Å². The number of fused-ring (bicyclic) bond motifs is 2. The number of nitrogens with zero attached hydrogens (tertiary/aromatic N) is 4. The summed E-state index contributed by atoms with van der Waals surface area (Å²) in [4.78, 5) is 19.4. The van der Waals surface area contributed by atoms with Gasteiger partial charge in [0.25, 0.3) is 0 Å². The second kappa shape index (κ2) is 6.55. The number of hydrogen-bond donors (Lipinski definition) is 2. The third kappa shape index (κ3) is 2.87. The van der Waals surface area contributed by atoms with Crippen molar-refractivity contribution in [3.05, 3.63) is 36.8 Å². The fraction of sp³-hybridized carbons (Fsp3) is 0.550. The largest absolute Gasteiger partial charge is 0.365 e. The second-order valence-corrected chi connectivity index (χ2v) is 8.29. The van der Waals surface area contributed by atoms with Gasteiger partial charge in [0, 0.05) is 31.6 Å². The molecular formula is C20H25FN6O. The van der Waals surface area contributed by atoms with Crippen LogP contribution in [0.1, 0.15) is 32.1 Å². The summed E-state index contributed by atoms with van der Waals surface area (Å²) in [6, 6.07) is 3.83. The van der Waals surface area contributed by atoms with Crippen molar-refractivity contribution in [2.75, 3.05) is 25.0 Å². The molecule has 4 heterocycles. The molecule has 2 fully saturated rings. The summed E-state index contributed by atoms with van der Waals surface area (Å²) in [6.45, 7) is 1.83. The minimum atomic E-state index is -1.36. The maximum atomic E-state index is 15.1. The van der Waals surface area contributed by atoms with Crippen LogP contribution in [0.3, 0.4) is 0 Å². The zero-order valence-corrected chi connectivity index (χ0v) is 15.8. The first kappa shape index (κ1) is 17.6. The third-order valence-corrected chi connectivity index (χ3v) is 6.46. The smallest absolute Gasteiger partial charge is 0.240 e. The third-order valence-electron chi connectivity index (χ3n) is 6.46. The van der Waals surface area contributed by atoms with Crippen molar-refractivity contribution >= 4 is 17.2 Å². The standard InChI is InChI=1S/C20H25FN6O/c21-19(13-22-18(28)20-6-1-2-8-26(20)9-4-7-20)11-15(12-19)25-17-16-5-3-10-27(16)24-14-23-17/h1-3,5,10,14-15H,4,6-9,11-13H2,(H,22,28)(H,23,24,25). The molecule has 2 aromatic rings. The molecule has 148 valence electrons. The lowest BCUT2D eigenvalue weighted by Gasteiger charge is -2.43. The van der Waals surface area contributed by atoms with Crippen LogP contribution in [0.2, 0.25) is 0 Å². The highest BCUT2D eigenvalue weighted by Crippen LogP contribution is 2.39. The molecule has 0 bridgehead atoms. The van der Waals surface area contributed by atoms with Gasteiger partial charge in [0.05, 0.1) is 6.54 Å². The number of alkyl halides is 1. The Labute approximate surface area is 163 Å². The lowest BCUT2D eigenvalue weighted by Crippen LogP contribution is -2.60. The molecule has 2 aliphatic heterocycles. The number of rotatable bonds is 5. The minimum absolute atomic E-state index is 0.00857. The number of carbonyl (C=O) groups excluding carboxylic acids is 1. The van der Waals surface area contributed by atoms with E-state index in [1.54, 1.807) is 4.52 Å². The van der Waals surface area contributed by atoms with Crippen LogP contribution in [0.15, 0.2) is 36.8 Å². The Morgan fingerprint density at radius 3 is 3.14 bits per heavy atom. The monoisotopic (exact) mass is 384 g/mol. The predicted octanol–water partition coefficient (Wildman–Crippen LogP) is 1.92. The van der Waals surface area contributed by atoms with Crippen molar-refractivity contribution in [2.45, 2.75) is 49.4 Å². The summed E-state index contributed by atoms with van der Waals surface area (Å²) < 4.78 is 16.8. The number of amides is 1. The lowest BCUT2D eigenvalue weighted by atomic mass is 9.77. The van der Waals surface area contributed by atoms with Crippen LogP contribution in [-0.4, -0.2) is 62.3 Å². The number of carbonyl (C=O) groups is 1. The number of aromatic nitrogens is 3. The molecule has 2 aromatic heterocycles. The topological polar surface area (TPSA) is 74.6 Å². The van der Waals surface area contributed by atoms with E-state index in [1.165, 1.54) is 6.33 Å². The van der Waals surface area contributed by atoms with E-state index in [0.29, 0.717) is 18.7 Å². The Hall–Kier alpha value is -2.48. The molecule has 1 saturated heterocycles. The van der Waals surface area contributed by atoms with E-state index < -0.39 is 11.2 Å². The minimum Gasteiger partial charge on any atom is -0.365 e. The van der Waals surface area contributed by atoms with E-state index in [1.807, 2.05) is 18.3 Å². The van der Waals surface area contributed by atoms with Gasteiger partial charge in [-0.1, -0.05) is 12.2 Å². The Balaban J connectivity index is 1.17. The fourth-order valence-electron chi connectivity index (χ4n) is 4.90. The highest BCUT2D eigenvalue weighted by Gasteiger charge is 2.49. The molecule has 1 saturated carbocycles. The van der Waals surface area contributed by atoms with Gasteiger partial charge in [-0.15, -0.1) is 0 Å². The van der Waals surface area contributed by atoms with Crippen molar-refractivity contribution in [3.63, 3.8) is 0 Å². The van der Waals surface area contributed by atoms with Crippen molar-refractivity contribution in [2.24, 2.45) is 0 Å². The van der Waals surface area contributed by atoms with Crippen LogP contribution < -0.4 is 10.6 Å². The molecule has 1 amide bonds. The first-order chi connectivity index (χ1) is 13.6. The van der Waals surface area contributed by atoms with Gasteiger partial charge in [0.1, 0.15) is 23.1 Å². The molecular weight excluding hydrogens is 359 g/mol. The summed E-state index contributed by atoms with van der Waals surface area (Å²) in [7, 11) is 0. The second-order valence-electron chi connectivity index (χ2n) is 8.29. The van der Waals surface area contributed by atoms with Gasteiger partial charge in [-0.3, -0.25) is 9.69 Å². The highest BCUT2D eigenvalue weighted by atomic mass is 19.1. The molecule has 2 N–H and O–H groups in total. The van der Waals surface area contributed by atoms with Crippen molar-refractivity contribution in [1.82, 2.24) is 24.8 Å². The van der Waals surface area contributed by atoms with Crippen LogP contribution >= 0.6 is 0 Å². The summed E-state index contributed by atoms with van der Waals surface area (Å²) >= 11 is 0. The van der Waals surface area contributed by atoms with Gasteiger partial charge in [-0.2, -0.15) is 5.10 Å². The molecule has 1 unspecified atom stereocenters. The van der Waals surface area contributed by atoms with E-state index in [2.05, 4.69) is 37.8 Å². The average Bonchev–Trinajstić information content (AvgIpc) is 3.32. The van der Waals surface area contributed by atoms with Gasteiger partial charge < -0.3 is 10.6 Å². The zero-order valence-electron chi connectivity index (χ0n) is 15.8. The maximum Gasteiger partial charge on any atom is 0.240 e. The maximum absolute atomic E-state index is 15.1. The zero-order chi connectivity index (χ0) is 19.2. The molecule has 3 aliphatic rings. The number of nitrogens with one attached hydrogen (secondary N) is 2. The molecule has 5 rings (SSSR count). The van der Waals surface area contributed by atoms with Gasteiger partial charge >= 0.3 is 0 Å². The van der Waals surface area contributed by atoms with Crippen molar-refractivity contribution in [1.29, 1.82) is 0 Å². The SMILES string of the molecule is O=C(NCC1(F)CC(Nc2ncnn3cccc23)C1)C12CC=CCN1CCC2. The number of halogens is 1. The summed E-state index contributed by atoms with van der Waals surface area (Å²) in [5.41, 5.74) is -0.949. The molecule has 0 radical (unpaired) electrons. The summed E-state index contributed by atoms with van der Waals surface area (Å²) in [5, 5.41) is 10.4. The molecule has 8 heteroatoms. The molecule has 1 atom stereocenters.